The maximum atomic E-state index is 12.2. The summed E-state index contributed by atoms with van der Waals surface area (Å²) in [6.45, 7) is 13.0. The van der Waals surface area contributed by atoms with Crippen molar-refractivity contribution in [1.82, 2.24) is 10.2 Å². The second kappa shape index (κ2) is 18.1. The van der Waals surface area contributed by atoms with Crippen LogP contribution in [0, 0.1) is 0 Å². The van der Waals surface area contributed by atoms with Crippen LogP contribution < -0.4 is 5.32 Å². The lowest BCUT2D eigenvalue weighted by Crippen LogP contribution is -2.49. The Labute approximate surface area is 206 Å². The summed E-state index contributed by atoms with van der Waals surface area (Å²) >= 11 is 0. The molecule has 0 aromatic carbocycles. The van der Waals surface area contributed by atoms with Crippen LogP contribution in [0.2, 0.25) is 0 Å². The molecule has 0 fully saturated rings. The molecule has 0 bridgehead atoms. The first-order valence-electron chi connectivity index (χ1n) is 11.0. The van der Waals surface area contributed by atoms with Gasteiger partial charge in [-0.2, -0.15) is 0 Å². The van der Waals surface area contributed by atoms with Crippen molar-refractivity contribution in [3.8, 4) is 0 Å². The molecule has 0 spiro atoms. The summed E-state index contributed by atoms with van der Waals surface area (Å²) in [5.74, 6) is -1.92. The van der Waals surface area contributed by atoms with Crippen LogP contribution in [0.5, 0.6) is 0 Å². The first-order valence-corrected chi connectivity index (χ1v) is 13.4. The van der Waals surface area contributed by atoms with Gasteiger partial charge >= 0.3 is 5.97 Å². The van der Waals surface area contributed by atoms with Gasteiger partial charge in [0.2, 0.25) is 11.8 Å². The molecule has 0 radical (unpaired) electrons. The number of esters is 1. The number of aldehydes is 1. The number of ether oxygens (including phenoxy) is 2. The highest BCUT2D eigenvalue weighted by atomic mass is 33.1. The maximum absolute atomic E-state index is 12.2. The van der Waals surface area contributed by atoms with Crippen LogP contribution in [0.25, 0.3) is 0 Å². The van der Waals surface area contributed by atoms with Gasteiger partial charge in [-0.15, -0.1) is 0 Å². The zero-order chi connectivity index (χ0) is 26.1. The quantitative estimate of drug-likeness (QED) is 0.140. The molecule has 2 atom stereocenters. The highest BCUT2D eigenvalue weighted by Gasteiger charge is 2.26. The predicted octanol–water partition coefficient (Wildman–Crippen LogP) is 2.79. The number of carbonyl (C=O) groups is 4. The molecule has 2 unspecified atom stereocenters. The van der Waals surface area contributed by atoms with Crippen molar-refractivity contribution in [2.45, 2.75) is 84.3 Å². The number of likely N-dealkylation sites (N-methyl/N-ethyl adjacent to an activating group) is 1. The van der Waals surface area contributed by atoms with Crippen molar-refractivity contribution < 1.29 is 33.8 Å². The fourth-order valence-corrected chi connectivity index (χ4v) is 4.70. The first-order chi connectivity index (χ1) is 15.3. The first kappa shape index (κ1) is 33.9. The van der Waals surface area contributed by atoms with E-state index < -0.39 is 11.3 Å². The van der Waals surface area contributed by atoms with Gasteiger partial charge in [0.15, 0.2) is 5.79 Å². The fourth-order valence-electron chi connectivity index (χ4n) is 2.25. The molecule has 0 aliphatic heterocycles. The molecule has 0 rings (SSSR count). The van der Waals surface area contributed by atoms with Gasteiger partial charge in [-0.3, -0.25) is 14.4 Å². The van der Waals surface area contributed by atoms with Crippen molar-refractivity contribution in [3.63, 3.8) is 0 Å². The Morgan fingerprint density at radius 1 is 1.21 bits per heavy atom. The molecule has 194 valence electrons. The SMILES string of the molecule is CC.CC(=O)OCC(C)SSCC(C)(O)OCCC(C)(C)NC(=O)CN(C)C(=O)CCC=O. The van der Waals surface area contributed by atoms with Crippen molar-refractivity contribution in [2.75, 3.05) is 32.6 Å². The zero-order valence-corrected chi connectivity index (χ0v) is 22.9. The van der Waals surface area contributed by atoms with Gasteiger partial charge in [-0.25, -0.2) is 0 Å². The van der Waals surface area contributed by atoms with Crippen LogP contribution in [-0.2, 0) is 28.7 Å². The molecule has 0 saturated heterocycles. The Hall–Kier alpha value is -1.30. The third kappa shape index (κ3) is 19.8. The highest BCUT2D eigenvalue weighted by Crippen LogP contribution is 2.30. The maximum Gasteiger partial charge on any atom is 0.302 e. The molecule has 11 heteroatoms. The van der Waals surface area contributed by atoms with E-state index in [9.17, 15) is 24.3 Å². The second-order valence-corrected chi connectivity index (χ2v) is 10.9. The molecule has 0 aliphatic carbocycles. The van der Waals surface area contributed by atoms with E-state index in [1.807, 2.05) is 34.6 Å². The normalized spacial score (nSPS) is 13.6. The molecule has 9 nitrogen and oxygen atoms in total. The van der Waals surface area contributed by atoms with Gasteiger partial charge in [0.25, 0.3) is 0 Å². The number of nitrogens with zero attached hydrogens (tertiary/aromatic N) is 1. The van der Waals surface area contributed by atoms with Gasteiger partial charge in [-0.05, 0) is 34.1 Å². The Morgan fingerprint density at radius 2 is 1.82 bits per heavy atom. The monoisotopic (exact) mass is 510 g/mol. The number of amides is 2. The predicted molar refractivity (Wildman–Crippen MR) is 134 cm³/mol. The second-order valence-electron chi connectivity index (χ2n) is 8.13. The minimum absolute atomic E-state index is 0.0818. The zero-order valence-electron chi connectivity index (χ0n) is 21.3. The summed E-state index contributed by atoms with van der Waals surface area (Å²) in [4.78, 5) is 46.5. The van der Waals surface area contributed by atoms with E-state index in [0.29, 0.717) is 25.1 Å². The molecule has 0 aromatic heterocycles. The topological polar surface area (TPSA) is 122 Å². The van der Waals surface area contributed by atoms with Crippen LogP contribution in [0.4, 0.5) is 0 Å². The lowest BCUT2D eigenvalue weighted by atomic mass is 10.0. The van der Waals surface area contributed by atoms with Crippen molar-refractivity contribution >= 4 is 45.7 Å². The number of hydrogen-bond donors (Lipinski definition) is 2. The molecule has 0 saturated carbocycles. The summed E-state index contributed by atoms with van der Waals surface area (Å²) in [5.41, 5.74) is -0.597. The van der Waals surface area contributed by atoms with Crippen LogP contribution in [0.15, 0.2) is 0 Å². The van der Waals surface area contributed by atoms with Gasteiger partial charge in [-0.1, -0.05) is 35.4 Å². The summed E-state index contributed by atoms with van der Waals surface area (Å²) in [5, 5.41) is 13.3. The third-order valence-corrected chi connectivity index (χ3v) is 6.98. The molecule has 2 N–H and O–H groups in total. The van der Waals surface area contributed by atoms with Crippen molar-refractivity contribution in [1.29, 1.82) is 0 Å². The third-order valence-electron chi connectivity index (χ3n) is 3.98. The van der Waals surface area contributed by atoms with E-state index in [-0.39, 0.29) is 49.0 Å². The number of nitrogens with one attached hydrogen (secondary N) is 1. The Bertz CT molecular complexity index is 601. The molecule has 0 heterocycles. The molecular formula is C22H42N2O7S2. The molecular weight excluding hydrogens is 468 g/mol. The van der Waals surface area contributed by atoms with Crippen LogP contribution in [0.1, 0.15) is 67.7 Å². The summed E-state index contributed by atoms with van der Waals surface area (Å²) in [6.07, 6.45) is 1.34. The fraction of sp³-hybridized carbons (Fsp3) is 0.818. The Morgan fingerprint density at radius 3 is 2.36 bits per heavy atom. The Balaban J connectivity index is 0. The van der Waals surface area contributed by atoms with Crippen LogP contribution >= 0.6 is 21.6 Å². The van der Waals surface area contributed by atoms with Gasteiger partial charge in [0.1, 0.15) is 12.9 Å². The largest absolute Gasteiger partial charge is 0.465 e. The minimum atomic E-state index is -1.34. The average molecular weight is 511 g/mol. The molecule has 33 heavy (non-hydrogen) atoms. The van der Waals surface area contributed by atoms with E-state index in [4.69, 9.17) is 9.47 Å². The lowest BCUT2D eigenvalue weighted by molar-refractivity contribution is -0.174. The molecule has 0 aromatic rings. The number of hydrogen-bond acceptors (Lipinski definition) is 9. The number of carbonyl (C=O) groups excluding carboxylic acids is 4. The van der Waals surface area contributed by atoms with E-state index in [1.54, 1.807) is 6.92 Å². The van der Waals surface area contributed by atoms with Gasteiger partial charge in [0.05, 0.1) is 18.9 Å². The smallest absolute Gasteiger partial charge is 0.302 e. The lowest BCUT2D eigenvalue weighted by Gasteiger charge is -2.30. The highest BCUT2D eigenvalue weighted by molar-refractivity contribution is 8.77. The molecule has 0 aliphatic rings. The van der Waals surface area contributed by atoms with Gasteiger partial charge in [0, 0.05) is 37.6 Å². The number of rotatable bonds is 16. The van der Waals surface area contributed by atoms with Crippen LogP contribution in [0.3, 0.4) is 0 Å². The van der Waals surface area contributed by atoms with E-state index in [0.717, 1.165) is 0 Å². The summed E-state index contributed by atoms with van der Waals surface area (Å²) in [6, 6.07) is 0. The standard InChI is InChI=1S/C20H36N2O7S2.C2H6/c1-15(13-28-16(2)24)31-30-14-20(5,27)29-11-9-19(3,4)21-17(25)12-22(6)18(26)8-7-10-23;1-2/h10,15,27H,7-9,11-14H2,1-6H3,(H,21,25);1-2H3. The van der Waals surface area contributed by atoms with Gasteiger partial charge < -0.3 is 29.6 Å². The van der Waals surface area contributed by atoms with E-state index >= 15 is 0 Å². The Kier molecular flexibility index (Phi) is 18.6. The summed E-state index contributed by atoms with van der Waals surface area (Å²) in [7, 11) is 4.44. The van der Waals surface area contributed by atoms with Crippen molar-refractivity contribution in [2.24, 2.45) is 0 Å². The summed E-state index contributed by atoms with van der Waals surface area (Å²) < 4.78 is 10.5. The minimum Gasteiger partial charge on any atom is -0.465 e. The van der Waals surface area contributed by atoms with Crippen LogP contribution in [-0.4, -0.2) is 83.2 Å². The van der Waals surface area contributed by atoms with Crippen molar-refractivity contribution in [3.05, 3.63) is 0 Å². The molecule has 2 amide bonds. The average Bonchev–Trinajstić information content (AvgIpc) is 2.70. The van der Waals surface area contributed by atoms with E-state index in [1.165, 1.54) is 40.5 Å². The van der Waals surface area contributed by atoms with E-state index in [2.05, 4.69) is 5.32 Å². The number of aliphatic hydroxyl groups is 1.